The summed E-state index contributed by atoms with van der Waals surface area (Å²) in [6.45, 7) is 25.4. The predicted molar refractivity (Wildman–Crippen MR) is 287 cm³/mol. The number of methoxy groups -OCH3 is 2. The summed E-state index contributed by atoms with van der Waals surface area (Å²) in [7, 11) is 2.77. The first-order valence-corrected chi connectivity index (χ1v) is 25.2. The second-order valence-corrected chi connectivity index (χ2v) is 17.0. The number of nitrogens with one attached hydrogen (secondary N) is 1. The smallest absolute Gasteiger partial charge is 0.329 e. The summed E-state index contributed by atoms with van der Waals surface area (Å²) in [6.07, 6.45) is 15.2. The molecule has 4 aromatic carbocycles. The number of unbranched alkanes of at least 4 members (excludes halogenated alkanes) is 2. The minimum atomic E-state index is -0.394. The average Bonchev–Trinajstić information content (AvgIpc) is 3.37. The molecule has 0 atom stereocenters. The molecule has 0 aliphatic carbocycles. The van der Waals surface area contributed by atoms with E-state index in [1.807, 2.05) is 48.8 Å². The largest absolute Gasteiger partial charge is 0.469 e. The van der Waals surface area contributed by atoms with E-state index >= 15 is 0 Å². The van der Waals surface area contributed by atoms with E-state index in [4.69, 9.17) is 4.74 Å². The molecule has 0 aliphatic rings. The van der Waals surface area contributed by atoms with Gasteiger partial charge in [0, 0.05) is 38.1 Å². The summed E-state index contributed by atoms with van der Waals surface area (Å²) in [5, 5.41) is 3.58. The molecule has 0 heterocycles. The Hall–Kier alpha value is -5.26. The van der Waals surface area contributed by atoms with E-state index in [1.54, 1.807) is 0 Å². The molecule has 4 rings (SSSR count). The van der Waals surface area contributed by atoms with Gasteiger partial charge in [0.05, 0.1) is 33.7 Å². The van der Waals surface area contributed by atoms with Crippen LogP contribution in [0, 0.1) is 0 Å². The van der Waals surface area contributed by atoms with Gasteiger partial charge in [0.25, 0.3) is 0 Å². The molecule has 0 bridgehead atoms. The van der Waals surface area contributed by atoms with Gasteiger partial charge in [0.2, 0.25) is 0 Å². The van der Waals surface area contributed by atoms with Crippen LogP contribution in [0.5, 0.6) is 0 Å². The number of nitrogens with zero attached hydrogens (tertiary/aromatic N) is 5. The number of carbonyl (C=O) groups excluding carboxylic acids is 2. The first-order chi connectivity index (χ1) is 33.3. The number of hydrogen-bond acceptors (Lipinski definition) is 10. The van der Waals surface area contributed by atoms with Crippen molar-refractivity contribution in [1.82, 2.24) is 20.0 Å². The first-order valence-electron chi connectivity index (χ1n) is 25.2. The molecular formula is C58H86N6O4. The van der Waals surface area contributed by atoms with Crippen LogP contribution in [0.2, 0.25) is 0 Å². The van der Waals surface area contributed by atoms with Crippen LogP contribution in [0.3, 0.4) is 0 Å². The highest BCUT2D eigenvalue weighted by Crippen LogP contribution is 2.12. The van der Waals surface area contributed by atoms with E-state index < -0.39 is 5.97 Å². The summed E-state index contributed by atoms with van der Waals surface area (Å²) in [5.41, 5.74) is 7.32. The Morgan fingerprint density at radius 2 is 0.956 bits per heavy atom. The molecule has 0 saturated heterocycles. The summed E-state index contributed by atoms with van der Waals surface area (Å²) >= 11 is 0. The minimum absolute atomic E-state index is 0.145. The van der Waals surface area contributed by atoms with Crippen LogP contribution in [0.25, 0.3) is 0 Å². The maximum atomic E-state index is 11.7. The van der Waals surface area contributed by atoms with Gasteiger partial charge in [-0.3, -0.25) is 19.7 Å². The topological polar surface area (TPSA) is 99.1 Å². The lowest BCUT2D eigenvalue weighted by atomic mass is 10.1. The van der Waals surface area contributed by atoms with Gasteiger partial charge in [-0.05, 0) is 137 Å². The fraction of sp³-hybridized carbons (Fsp3) is 0.483. The fourth-order valence-electron chi connectivity index (χ4n) is 7.49. The number of esters is 2. The summed E-state index contributed by atoms with van der Waals surface area (Å²) in [4.78, 5) is 38.2. The molecule has 0 spiro atoms. The lowest BCUT2D eigenvalue weighted by Crippen LogP contribution is -2.29. The number of ether oxygens (including phenoxy) is 2. The van der Waals surface area contributed by atoms with Crippen molar-refractivity contribution in [1.29, 1.82) is 0 Å². The lowest BCUT2D eigenvalue weighted by molar-refractivity contribution is -0.141. The Kier molecular flexibility index (Phi) is 34.4. The van der Waals surface area contributed by atoms with Gasteiger partial charge < -0.3 is 24.6 Å². The SMILES string of the molecule is C=CC(=O)OC.CCCN(CCC)CCCCN(CCC(=O)OC)Cc1ccc(CN=Cc2ccccc2)cc1.CCCN(CCC)CCCCNCc1ccc(CN=Cc2ccccc2)cc1. The van der Waals surface area contributed by atoms with Gasteiger partial charge in [-0.15, -0.1) is 0 Å². The fourth-order valence-corrected chi connectivity index (χ4v) is 7.49. The van der Waals surface area contributed by atoms with Gasteiger partial charge in [-0.25, -0.2) is 4.79 Å². The number of benzene rings is 4. The van der Waals surface area contributed by atoms with Crippen molar-refractivity contribution in [2.24, 2.45) is 9.98 Å². The van der Waals surface area contributed by atoms with Crippen molar-refractivity contribution >= 4 is 24.4 Å². The molecule has 0 aromatic heterocycles. The highest BCUT2D eigenvalue weighted by Gasteiger charge is 2.11. The lowest BCUT2D eigenvalue weighted by Gasteiger charge is -2.24. The number of aliphatic imine (C=N–C) groups is 2. The zero-order valence-corrected chi connectivity index (χ0v) is 42.8. The van der Waals surface area contributed by atoms with Gasteiger partial charge in [0.15, 0.2) is 0 Å². The monoisotopic (exact) mass is 931 g/mol. The summed E-state index contributed by atoms with van der Waals surface area (Å²) < 4.78 is 9.00. The third kappa shape index (κ3) is 29.5. The Morgan fingerprint density at radius 1 is 0.529 bits per heavy atom. The van der Waals surface area contributed by atoms with Crippen LogP contribution in [-0.2, 0) is 45.2 Å². The molecule has 10 nitrogen and oxygen atoms in total. The van der Waals surface area contributed by atoms with Crippen LogP contribution in [0.4, 0.5) is 0 Å². The van der Waals surface area contributed by atoms with Gasteiger partial charge in [-0.2, -0.15) is 0 Å². The van der Waals surface area contributed by atoms with Crippen LogP contribution in [0.1, 0.15) is 119 Å². The standard InChI is InChI=1S/C29H43N3O2.C25H37N3.C4H6O2/c1-4-18-31(19-5-2)20-9-10-21-32(22-17-29(33)34-3)25-28-15-13-27(14-16-28)24-30-23-26-11-7-6-8-12-26;1-3-17-28(18-4-2)19-9-8-16-26-20-24-12-14-25(15-13-24)22-27-21-23-10-6-5-7-11-23;1-3-4(5)6-2/h6-8,11-16,23H,4-5,9-10,17-22,24-25H2,1-3H3;5-7,10-15,21,26H,3-4,8-9,16-20,22H2,1-2H3;3H,1H2,2H3. The molecule has 0 fully saturated rings. The van der Waals surface area contributed by atoms with Crippen molar-refractivity contribution in [3.05, 3.63) is 155 Å². The summed E-state index contributed by atoms with van der Waals surface area (Å²) in [5.74, 6) is -0.538. The Bertz CT molecular complexity index is 1890. The highest BCUT2D eigenvalue weighted by molar-refractivity contribution is 5.81. The van der Waals surface area contributed by atoms with Crippen molar-refractivity contribution in [3.8, 4) is 0 Å². The molecule has 0 unspecified atom stereocenters. The number of carbonyl (C=O) groups is 2. The average molecular weight is 931 g/mol. The van der Waals surface area contributed by atoms with Gasteiger partial charge >= 0.3 is 11.9 Å². The van der Waals surface area contributed by atoms with E-state index in [-0.39, 0.29) is 5.97 Å². The van der Waals surface area contributed by atoms with Crippen LogP contribution >= 0.6 is 0 Å². The van der Waals surface area contributed by atoms with Crippen molar-refractivity contribution < 1.29 is 19.1 Å². The molecule has 0 aliphatic heterocycles. The molecule has 0 saturated carbocycles. The van der Waals surface area contributed by atoms with Gasteiger partial charge in [-0.1, -0.05) is 143 Å². The van der Waals surface area contributed by atoms with E-state index in [2.05, 4.69) is 142 Å². The van der Waals surface area contributed by atoms with Crippen LogP contribution in [-0.4, -0.2) is 112 Å². The van der Waals surface area contributed by atoms with Crippen LogP contribution in [0.15, 0.2) is 132 Å². The minimum Gasteiger partial charge on any atom is -0.469 e. The maximum Gasteiger partial charge on any atom is 0.329 e. The van der Waals surface area contributed by atoms with E-state index in [1.165, 1.54) is 114 Å². The Balaban J connectivity index is 0.000000422. The molecule has 372 valence electrons. The zero-order valence-electron chi connectivity index (χ0n) is 42.8. The zero-order chi connectivity index (χ0) is 49.3. The third-order valence-electron chi connectivity index (χ3n) is 11.1. The molecule has 4 aromatic rings. The van der Waals surface area contributed by atoms with Crippen molar-refractivity contribution in [2.75, 3.05) is 73.1 Å². The normalized spacial score (nSPS) is 11.1. The second kappa shape index (κ2) is 39.7. The Morgan fingerprint density at radius 3 is 1.37 bits per heavy atom. The highest BCUT2D eigenvalue weighted by atomic mass is 16.5. The molecule has 0 radical (unpaired) electrons. The van der Waals surface area contributed by atoms with Crippen molar-refractivity contribution in [2.45, 2.75) is 112 Å². The Labute approximate surface area is 412 Å². The van der Waals surface area contributed by atoms with Crippen molar-refractivity contribution in [3.63, 3.8) is 0 Å². The molecule has 1 N–H and O–H groups in total. The number of rotatable bonds is 32. The number of hydrogen-bond donors (Lipinski definition) is 1. The van der Waals surface area contributed by atoms with E-state index in [0.717, 1.165) is 69.4 Å². The van der Waals surface area contributed by atoms with E-state index in [9.17, 15) is 9.59 Å². The molecule has 68 heavy (non-hydrogen) atoms. The molecule has 0 amide bonds. The predicted octanol–water partition coefficient (Wildman–Crippen LogP) is 11.2. The third-order valence-corrected chi connectivity index (χ3v) is 11.1. The van der Waals surface area contributed by atoms with Crippen LogP contribution < -0.4 is 5.32 Å². The molecular weight excluding hydrogens is 845 g/mol. The van der Waals surface area contributed by atoms with Gasteiger partial charge in [0.1, 0.15) is 0 Å². The quantitative estimate of drug-likeness (QED) is 0.0224. The summed E-state index contributed by atoms with van der Waals surface area (Å²) in [6, 6.07) is 37.9. The maximum absolute atomic E-state index is 11.7. The van der Waals surface area contributed by atoms with E-state index in [0.29, 0.717) is 13.0 Å². The first kappa shape index (κ1) is 58.9. The molecule has 10 heteroatoms. The second-order valence-electron chi connectivity index (χ2n) is 17.0.